The summed E-state index contributed by atoms with van der Waals surface area (Å²) in [5.41, 5.74) is 6.60. The van der Waals surface area contributed by atoms with Crippen LogP contribution in [0.4, 0.5) is 0 Å². The van der Waals surface area contributed by atoms with Crippen LogP contribution in [-0.2, 0) is 12.8 Å². The molecule has 0 bridgehead atoms. The molecule has 6 nitrogen and oxygen atoms in total. The summed E-state index contributed by atoms with van der Waals surface area (Å²) in [6.45, 7) is 2.28. The summed E-state index contributed by atoms with van der Waals surface area (Å²) < 4.78 is 13.3. The van der Waals surface area contributed by atoms with E-state index in [1.54, 1.807) is 0 Å². The molecule has 0 aliphatic carbocycles. The van der Waals surface area contributed by atoms with Gasteiger partial charge in [0.25, 0.3) is 0 Å². The molecule has 1 atom stereocenters. The highest BCUT2D eigenvalue weighted by atomic mass is 16.7. The van der Waals surface area contributed by atoms with Crippen LogP contribution in [0.5, 0.6) is 11.5 Å². The van der Waals surface area contributed by atoms with Crippen molar-refractivity contribution in [2.75, 3.05) is 6.79 Å². The third kappa shape index (κ3) is 2.27. The SMILES string of the molecule is CCc1cc(C(=O)O)c2n1C(c1ccc3c(c1)OCO3)c1[nH]c3ccccc3c1C2. The number of nitrogens with zero attached hydrogens (tertiary/aromatic N) is 1. The van der Waals surface area contributed by atoms with Crippen LogP contribution in [0.15, 0.2) is 48.5 Å². The summed E-state index contributed by atoms with van der Waals surface area (Å²) in [5.74, 6) is 0.577. The van der Waals surface area contributed by atoms with Gasteiger partial charge in [-0.1, -0.05) is 31.2 Å². The number of H-pyrrole nitrogens is 1. The highest BCUT2D eigenvalue weighted by Gasteiger charge is 2.35. The maximum absolute atomic E-state index is 12.1. The molecule has 0 fully saturated rings. The molecule has 4 aromatic rings. The predicted octanol–water partition coefficient (Wildman–Crippen LogP) is 4.50. The maximum Gasteiger partial charge on any atom is 0.337 e. The summed E-state index contributed by atoms with van der Waals surface area (Å²) in [6.07, 6.45) is 1.33. The van der Waals surface area contributed by atoms with Crippen LogP contribution in [0.1, 0.15) is 51.5 Å². The van der Waals surface area contributed by atoms with Crippen LogP contribution >= 0.6 is 0 Å². The lowest BCUT2D eigenvalue weighted by atomic mass is 9.91. The van der Waals surface area contributed by atoms with E-state index in [1.807, 2.05) is 36.4 Å². The molecule has 6 rings (SSSR count). The molecule has 4 heterocycles. The van der Waals surface area contributed by atoms with Gasteiger partial charge in [-0.15, -0.1) is 0 Å². The monoisotopic (exact) mass is 400 g/mol. The van der Waals surface area contributed by atoms with Gasteiger partial charge >= 0.3 is 5.97 Å². The number of benzene rings is 2. The number of aromatic carboxylic acids is 1. The van der Waals surface area contributed by atoms with Crippen LogP contribution in [0.25, 0.3) is 10.9 Å². The minimum Gasteiger partial charge on any atom is -0.478 e. The van der Waals surface area contributed by atoms with E-state index >= 15 is 0 Å². The Balaban J connectivity index is 1.66. The van der Waals surface area contributed by atoms with Crippen LogP contribution in [0, 0.1) is 0 Å². The van der Waals surface area contributed by atoms with E-state index < -0.39 is 5.97 Å². The van der Waals surface area contributed by atoms with E-state index in [9.17, 15) is 9.90 Å². The van der Waals surface area contributed by atoms with Crippen molar-refractivity contribution in [2.24, 2.45) is 0 Å². The van der Waals surface area contributed by atoms with Crippen LogP contribution in [0.2, 0.25) is 0 Å². The summed E-state index contributed by atoms with van der Waals surface area (Å²) in [6, 6.07) is 15.9. The zero-order chi connectivity index (χ0) is 20.4. The second-order valence-electron chi connectivity index (χ2n) is 7.78. The molecule has 150 valence electrons. The number of para-hydroxylation sites is 1. The van der Waals surface area contributed by atoms with E-state index in [0.717, 1.165) is 57.0 Å². The normalized spacial score (nSPS) is 16.5. The average molecular weight is 400 g/mol. The van der Waals surface area contributed by atoms with Crippen LogP contribution < -0.4 is 9.47 Å². The molecule has 0 spiro atoms. The Hall–Kier alpha value is -3.67. The molecule has 2 N–H and O–H groups in total. The van der Waals surface area contributed by atoms with E-state index in [2.05, 4.69) is 28.6 Å². The lowest BCUT2D eigenvalue weighted by molar-refractivity contribution is 0.0695. The number of ether oxygens (including phenoxy) is 2. The summed E-state index contributed by atoms with van der Waals surface area (Å²) in [4.78, 5) is 15.7. The number of fused-ring (bicyclic) bond motifs is 5. The first-order chi connectivity index (χ1) is 14.7. The summed E-state index contributed by atoms with van der Waals surface area (Å²) in [5, 5.41) is 11.0. The maximum atomic E-state index is 12.1. The van der Waals surface area contributed by atoms with Crippen molar-refractivity contribution >= 4 is 16.9 Å². The predicted molar refractivity (Wildman–Crippen MR) is 112 cm³/mol. The van der Waals surface area contributed by atoms with Gasteiger partial charge in [-0.25, -0.2) is 4.79 Å². The zero-order valence-corrected chi connectivity index (χ0v) is 16.4. The Morgan fingerprint density at radius 2 is 2.00 bits per heavy atom. The van der Waals surface area contributed by atoms with Gasteiger partial charge in [-0.2, -0.15) is 0 Å². The van der Waals surface area contributed by atoms with Gasteiger partial charge in [0.15, 0.2) is 11.5 Å². The van der Waals surface area contributed by atoms with Gasteiger partial charge in [0.1, 0.15) is 0 Å². The Morgan fingerprint density at radius 3 is 2.83 bits per heavy atom. The minimum absolute atomic E-state index is 0.159. The van der Waals surface area contributed by atoms with Crippen molar-refractivity contribution in [3.05, 3.63) is 82.3 Å². The second-order valence-corrected chi connectivity index (χ2v) is 7.78. The first kappa shape index (κ1) is 17.2. The zero-order valence-electron chi connectivity index (χ0n) is 16.4. The van der Waals surface area contributed by atoms with Crippen LogP contribution in [0.3, 0.4) is 0 Å². The number of hydrogen-bond donors (Lipinski definition) is 2. The van der Waals surface area contributed by atoms with Crippen LogP contribution in [-0.4, -0.2) is 27.4 Å². The first-order valence-electron chi connectivity index (χ1n) is 10.1. The number of nitrogens with one attached hydrogen (secondary N) is 1. The molecule has 6 heteroatoms. The van der Waals surface area contributed by atoms with Gasteiger partial charge in [0.2, 0.25) is 6.79 Å². The summed E-state index contributed by atoms with van der Waals surface area (Å²) in [7, 11) is 0. The smallest absolute Gasteiger partial charge is 0.337 e. The molecule has 30 heavy (non-hydrogen) atoms. The van der Waals surface area contributed by atoms with Crippen molar-refractivity contribution in [1.82, 2.24) is 9.55 Å². The van der Waals surface area contributed by atoms with Gasteiger partial charge in [0, 0.05) is 34.4 Å². The lowest BCUT2D eigenvalue weighted by Gasteiger charge is -2.30. The molecule has 2 aromatic carbocycles. The fourth-order valence-electron chi connectivity index (χ4n) is 4.92. The largest absolute Gasteiger partial charge is 0.478 e. The summed E-state index contributed by atoms with van der Waals surface area (Å²) >= 11 is 0. The number of aromatic amines is 1. The van der Waals surface area contributed by atoms with Crippen molar-refractivity contribution in [3.63, 3.8) is 0 Å². The Labute approximate surface area is 172 Å². The molecule has 0 saturated carbocycles. The number of hydrogen-bond acceptors (Lipinski definition) is 3. The van der Waals surface area contributed by atoms with Gasteiger partial charge in [-0.3, -0.25) is 0 Å². The fraction of sp³-hybridized carbons (Fsp3) is 0.208. The van der Waals surface area contributed by atoms with Gasteiger partial charge < -0.3 is 24.1 Å². The highest BCUT2D eigenvalue weighted by molar-refractivity contribution is 5.91. The molecule has 2 aliphatic rings. The second kappa shape index (κ2) is 6.16. The molecular weight excluding hydrogens is 380 g/mol. The standard InChI is InChI=1S/C24H20N2O4/c1-2-14-10-17(24(27)28)19-11-16-15-5-3-4-6-18(15)25-22(16)23(26(14)19)13-7-8-20-21(9-13)30-12-29-20/h3-10,23,25H,2,11-12H2,1H3,(H,27,28). The number of aryl methyl sites for hydroxylation is 1. The number of rotatable bonds is 3. The minimum atomic E-state index is -0.883. The molecule has 0 saturated heterocycles. The number of carboxylic acids is 1. The molecule has 0 amide bonds. The van der Waals surface area contributed by atoms with Crippen molar-refractivity contribution in [1.29, 1.82) is 0 Å². The van der Waals surface area contributed by atoms with E-state index in [1.165, 1.54) is 0 Å². The Kier molecular flexibility index (Phi) is 3.53. The quantitative estimate of drug-likeness (QED) is 0.468. The fourth-order valence-corrected chi connectivity index (χ4v) is 4.92. The third-order valence-electron chi connectivity index (χ3n) is 6.25. The molecule has 0 radical (unpaired) electrons. The lowest BCUT2D eigenvalue weighted by Crippen LogP contribution is -2.24. The molecule has 2 aromatic heterocycles. The van der Waals surface area contributed by atoms with Crippen molar-refractivity contribution in [3.8, 4) is 11.5 Å². The molecule has 2 aliphatic heterocycles. The van der Waals surface area contributed by atoms with Gasteiger partial charge in [0.05, 0.1) is 11.6 Å². The topological polar surface area (TPSA) is 76.5 Å². The van der Waals surface area contributed by atoms with E-state index in [0.29, 0.717) is 12.0 Å². The third-order valence-corrected chi connectivity index (χ3v) is 6.25. The number of carbonyl (C=O) groups is 1. The Morgan fingerprint density at radius 1 is 1.17 bits per heavy atom. The number of aromatic nitrogens is 2. The van der Waals surface area contributed by atoms with Crippen molar-refractivity contribution < 1.29 is 19.4 Å². The first-order valence-corrected chi connectivity index (χ1v) is 10.1. The van der Waals surface area contributed by atoms with E-state index in [4.69, 9.17) is 9.47 Å². The van der Waals surface area contributed by atoms with Gasteiger partial charge in [-0.05, 0) is 41.8 Å². The molecule has 1 unspecified atom stereocenters. The van der Waals surface area contributed by atoms with Crippen molar-refractivity contribution in [2.45, 2.75) is 25.8 Å². The highest BCUT2D eigenvalue weighted by Crippen LogP contribution is 2.44. The Bertz CT molecular complexity index is 1330. The molecular formula is C24H20N2O4. The number of carboxylic acid groups (broad SMARTS) is 1. The average Bonchev–Trinajstić information content (AvgIpc) is 3.46. The van der Waals surface area contributed by atoms with E-state index in [-0.39, 0.29) is 12.8 Å².